The number of carbonyl (C=O) groups excluding carboxylic acids is 2. The van der Waals surface area contributed by atoms with Crippen molar-refractivity contribution in [2.45, 2.75) is 37.1 Å². The van der Waals surface area contributed by atoms with Crippen LogP contribution in [0.3, 0.4) is 0 Å². The molecule has 0 radical (unpaired) electrons. The predicted octanol–water partition coefficient (Wildman–Crippen LogP) is 0.807. The summed E-state index contributed by atoms with van der Waals surface area (Å²) in [6.45, 7) is 3.72. The lowest BCUT2D eigenvalue weighted by molar-refractivity contribution is -0.139. The third kappa shape index (κ3) is 3.55. The van der Waals surface area contributed by atoms with Gasteiger partial charge in [0.15, 0.2) is 0 Å². The Morgan fingerprint density at radius 1 is 1.20 bits per heavy atom. The number of carbonyl (C=O) groups is 2. The zero-order chi connectivity index (χ0) is 18.2. The lowest BCUT2D eigenvalue weighted by Crippen LogP contribution is -2.48. The molecule has 3 heterocycles. The fourth-order valence-corrected chi connectivity index (χ4v) is 4.23. The summed E-state index contributed by atoms with van der Waals surface area (Å²) in [5, 5.41) is 5.08. The number of hydrogen-bond acceptors (Lipinski definition) is 4. The molecule has 3 aliphatic heterocycles. The van der Waals surface area contributed by atoms with Gasteiger partial charge in [0.25, 0.3) is 5.91 Å². The van der Waals surface area contributed by atoms with Gasteiger partial charge in [0, 0.05) is 31.2 Å². The third-order valence-corrected chi connectivity index (χ3v) is 5.90. The predicted molar refractivity (Wildman–Crippen MR) is 92.2 cm³/mol. The van der Waals surface area contributed by atoms with Gasteiger partial charge in [-0.1, -0.05) is 6.92 Å². The van der Waals surface area contributed by atoms with Crippen molar-refractivity contribution in [3.63, 3.8) is 0 Å². The minimum absolute atomic E-state index is 0.0238. The van der Waals surface area contributed by atoms with Crippen molar-refractivity contribution in [2.75, 3.05) is 19.6 Å². The van der Waals surface area contributed by atoms with Crippen LogP contribution in [0.4, 0.5) is 0 Å². The maximum absolute atomic E-state index is 12.8. The highest BCUT2D eigenvalue weighted by Gasteiger charge is 2.41. The van der Waals surface area contributed by atoms with Crippen molar-refractivity contribution in [3.8, 4) is 0 Å². The highest BCUT2D eigenvalue weighted by atomic mass is 32.2. The Labute approximate surface area is 147 Å². The summed E-state index contributed by atoms with van der Waals surface area (Å²) in [7, 11) is -3.78. The summed E-state index contributed by atoms with van der Waals surface area (Å²) >= 11 is 0. The molecule has 136 valence electrons. The number of amides is 2. The number of fused-ring (bicyclic) bond motifs is 4. The molecule has 25 heavy (non-hydrogen) atoms. The molecule has 7 nitrogen and oxygen atoms in total. The SMILES string of the molecule is CCCN1C(=O)[C@H]2CC[C@@H]1CN(C(=O)c1ccc(S(N)(=O)=O)cc1)C2. The van der Waals surface area contributed by atoms with Gasteiger partial charge in [0.1, 0.15) is 0 Å². The van der Waals surface area contributed by atoms with Gasteiger partial charge in [0.05, 0.1) is 10.8 Å². The van der Waals surface area contributed by atoms with E-state index in [9.17, 15) is 18.0 Å². The van der Waals surface area contributed by atoms with E-state index < -0.39 is 10.0 Å². The molecule has 0 saturated carbocycles. The molecule has 3 saturated heterocycles. The quantitative estimate of drug-likeness (QED) is 0.853. The van der Waals surface area contributed by atoms with E-state index >= 15 is 0 Å². The monoisotopic (exact) mass is 365 g/mol. The molecule has 2 N–H and O–H groups in total. The number of nitrogens with two attached hydrogens (primary N) is 1. The number of piperidine rings is 1. The van der Waals surface area contributed by atoms with Crippen molar-refractivity contribution < 1.29 is 18.0 Å². The van der Waals surface area contributed by atoms with E-state index in [1.807, 2.05) is 11.8 Å². The number of sulfonamides is 1. The molecule has 0 aromatic heterocycles. The van der Waals surface area contributed by atoms with Crippen LogP contribution in [0.5, 0.6) is 0 Å². The van der Waals surface area contributed by atoms with Crippen LogP contribution in [0.2, 0.25) is 0 Å². The van der Waals surface area contributed by atoms with Gasteiger partial charge in [-0.2, -0.15) is 0 Å². The first-order valence-corrected chi connectivity index (χ1v) is 10.1. The summed E-state index contributed by atoms with van der Waals surface area (Å²) in [5.74, 6) is -0.167. The topological polar surface area (TPSA) is 101 Å². The fourth-order valence-electron chi connectivity index (χ4n) is 3.71. The second-order valence-corrected chi connectivity index (χ2v) is 8.30. The lowest BCUT2D eigenvalue weighted by Gasteiger charge is -2.35. The summed E-state index contributed by atoms with van der Waals surface area (Å²) < 4.78 is 22.7. The maximum Gasteiger partial charge on any atom is 0.253 e. The minimum Gasteiger partial charge on any atom is -0.338 e. The van der Waals surface area contributed by atoms with Gasteiger partial charge < -0.3 is 9.80 Å². The molecule has 2 amide bonds. The van der Waals surface area contributed by atoms with E-state index in [2.05, 4.69) is 0 Å². The molecule has 3 fully saturated rings. The first-order chi connectivity index (χ1) is 11.8. The van der Waals surface area contributed by atoms with Gasteiger partial charge in [-0.25, -0.2) is 13.6 Å². The van der Waals surface area contributed by atoms with Crippen molar-refractivity contribution in [2.24, 2.45) is 11.1 Å². The normalized spacial score (nSPS) is 23.7. The Morgan fingerprint density at radius 3 is 2.48 bits per heavy atom. The minimum atomic E-state index is -3.78. The van der Waals surface area contributed by atoms with Crippen molar-refractivity contribution in [1.82, 2.24) is 9.80 Å². The van der Waals surface area contributed by atoms with Crippen LogP contribution in [0.25, 0.3) is 0 Å². The zero-order valence-electron chi connectivity index (χ0n) is 14.2. The number of nitrogens with zero attached hydrogens (tertiary/aromatic N) is 2. The molecule has 0 spiro atoms. The molecular weight excluding hydrogens is 342 g/mol. The molecule has 1 aromatic carbocycles. The van der Waals surface area contributed by atoms with Gasteiger partial charge >= 0.3 is 0 Å². The van der Waals surface area contributed by atoms with E-state index in [1.165, 1.54) is 24.3 Å². The first-order valence-electron chi connectivity index (χ1n) is 8.54. The Hall–Kier alpha value is -1.93. The van der Waals surface area contributed by atoms with E-state index in [1.54, 1.807) is 4.90 Å². The average molecular weight is 365 g/mol. The van der Waals surface area contributed by atoms with E-state index in [0.717, 1.165) is 25.8 Å². The highest BCUT2D eigenvalue weighted by molar-refractivity contribution is 7.89. The van der Waals surface area contributed by atoms with Gasteiger partial charge in [0.2, 0.25) is 15.9 Å². The third-order valence-electron chi connectivity index (χ3n) is 4.97. The molecule has 2 atom stereocenters. The van der Waals surface area contributed by atoms with E-state index in [4.69, 9.17) is 5.14 Å². The van der Waals surface area contributed by atoms with Crippen LogP contribution in [0, 0.1) is 5.92 Å². The first kappa shape index (κ1) is 17.9. The molecular formula is C17H23N3O4S. The smallest absolute Gasteiger partial charge is 0.253 e. The van der Waals surface area contributed by atoms with Crippen molar-refractivity contribution >= 4 is 21.8 Å². The van der Waals surface area contributed by atoms with Gasteiger partial charge in [-0.05, 0) is 43.5 Å². The van der Waals surface area contributed by atoms with Crippen LogP contribution in [-0.4, -0.2) is 55.7 Å². The molecule has 1 aromatic rings. The second kappa shape index (κ2) is 6.76. The standard InChI is InChI=1S/C17H23N3O4S/c1-2-9-20-14-6-3-13(17(20)22)10-19(11-14)16(21)12-4-7-15(8-5-12)25(18,23)24/h4-5,7-8,13-14H,2-3,6,9-11H2,1H3,(H2,18,23,24)/t13-,14+/m0/s1. The summed E-state index contributed by atoms with van der Waals surface area (Å²) in [4.78, 5) is 29.0. The van der Waals surface area contributed by atoms with E-state index in [0.29, 0.717) is 18.7 Å². The Balaban J connectivity index is 1.80. The number of benzene rings is 1. The van der Waals surface area contributed by atoms with Crippen LogP contribution >= 0.6 is 0 Å². The summed E-state index contributed by atoms with van der Waals surface area (Å²) in [5.41, 5.74) is 0.406. The molecule has 0 aliphatic carbocycles. The summed E-state index contributed by atoms with van der Waals surface area (Å²) in [6.07, 6.45) is 2.64. The van der Waals surface area contributed by atoms with Crippen LogP contribution in [0.1, 0.15) is 36.5 Å². The van der Waals surface area contributed by atoms with Gasteiger partial charge in [-0.3, -0.25) is 9.59 Å². The lowest BCUT2D eigenvalue weighted by atomic mass is 9.94. The van der Waals surface area contributed by atoms with Gasteiger partial charge in [-0.15, -0.1) is 0 Å². The number of primary sulfonamides is 1. The number of rotatable bonds is 4. The highest BCUT2D eigenvalue weighted by Crippen LogP contribution is 2.30. The van der Waals surface area contributed by atoms with Crippen LogP contribution < -0.4 is 5.14 Å². The van der Waals surface area contributed by atoms with E-state index in [-0.39, 0.29) is 28.7 Å². The average Bonchev–Trinajstić information content (AvgIpc) is 2.86. The largest absolute Gasteiger partial charge is 0.338 e. The Kier molecular flexibility index (Phi) is 4.83. The number of hydrogen-bond donors (Lipinski definition) is 1. The molecule has 2 bridgehead atoms. The maximum atomic E-state index is 12.8. The van der Waals surface area contributed by atoms with Crippen molar-refractivity contribution in [1.29, 1.82) is 0 Å². The molecule has 4 rings (SSSR count). The zero-order valence-corrected chi connectivity index (χ0v) is 15.0. The molecule has 0 unspecified atom stereocenters. The summed E-state index contributed by atoms with van der Waals surface area (Å²) in [6, 6.07) is 5.69. The van der Waals surface area contributed by atoms with Crippen molar-refractivity contribution in [3.05, 3.63) is 29.8 Å². The van der Waals surface area contributed by atoms with Crippen LogP contribution in [-0.2, 0) is 14.8 Å². The van der Waals surface area contributed by atoms with Crippen LogP contribution in [0.15, 0.2) is 29.2 Å². The Morgan fingerprint density at radius 2 is 1.88 bits per heavy atom. The second-order valence-electron chi connectivity index (χ2n) is 6.74. The Bertz CT molecular complexity index is 776. The molecule has 3 aliphatic rings. The fraction of sp³-hybridized carbons (Fsp3) is 0.529. The molecule has 8 heteroatoms.